The van der Waals surface area contributed by atoms with E-state index in [0.29, 0.717) is 12.7 Å². The summed E-state index contributed by atoms with van der Waals surface area (Å²) in [5.74, 6) is -0.235. The highest BCUT2D eigenvalue weighted by molar-refractivity contribution is 9.09. The van der Waals surface area contributed by atoms with Crippen LogP contribution in [-0.4, -0.2) is 30.1 Å². The second-order valence-electron chi connectivity index (χ2n) is 2.91. The number of hydrogen-bond donors (Lipinski definition) is 0. The number of carbonyl (C=O) groups excluding carboxylic acids is 1. The molecule has 0 saturated carbocycles. The molecule has 1 saturated heterocycles. The van der Waals surface area contributed by atoms with E-state index in [1.807, 2.05) is 0 Å². The van der Waals surface area contributed by atoms with Crippen molar-refractivity contribution >= 4 is 21.9 Å². The molecule has 1 aliphatic rings. The molecule has 1 rings (SSSR count). The van der Waals surface area contributed by atoms with Crippen LogP contribution in [0.5, 0.6) is 0 Å². The van der Waals surface area contributed by atoms with Crippen molar-refractivity contribution in [1.29, 1.82) is 0 Å². The van der Waals surface area contributed by atoms with E-state index in [-0.39, 0.29) is 12.1 Å². The van der Waals surface area contributed by atoms with Crippen molar-refractivity contribution in [2.75, 3.05) is 11.9 Å². The quantitative estimate of drug-likeness (QED) is 0.551. The summed E-state index contributed by atoms with van der Waals surface area (Å²) in [4.78, 5) is 10.5. The van der Waals surface area contributed by atoms with Crippen LogP contribution in [0.2, 0.25) is 0 Å². The van der Waals surface area contributed by atoms with Crippen LogP contribution in [0.4, 0.5) is 0 Å². The zero-order chi connectivity index (χ0) is 8.97. The van der Waals surface area contributed by atoms with Crippen LogP contribution in [0, 0.1) is 0 Å². The van der Waals surface area contributed by atoms with Gasteiger partial charge in [-0.05, 0) is 12.8 Å². The lowest BCUT2D eigenvalue weighted by Gasteiger charge is -2.11. The molecule has 1 fully saturated rings. The fourth-order valence-electron chi connectivity index (χ4n) is 1.23. The molecule has 0 N–H and O–H groups in total. The Balaban J connectivity index is 2.15. The zero-order valence-electron chi connectivity index (χ0n) is 7.09. The first-order chi connectivity index (χ1) is 5.72. The average molecular weight is 237 g/mol. The second-order valence-corrected chi connectivity index (χ2v) is 3.56. The first-order valence-corrected chi connectivity index (χ1v) is 5.19. The lowest BCUT2D eigenvalue weighted by molar-refractivity contribution is -0.144. The van der Waals surface area contributed by atoms with Gasteiger partial charge in [-0.15, -0.1) is 0 Å². The monoisotopic (exact) mass is 236 g/mol. The highest BCUT2D eigenvalue weighted by atomic mass is 79.9. The van der Waals surface area contributed by atoms with E-state index >= 15 is 0 Å². The summed E-state index contributed by atoms with van der Waals surface area (Å²) in [5, 5.41) is 0.865. The van der Waals surface area contributed by atoms with E-state index in [9.17, 15) is 4.79 Å². The summed E-state index contributed by atoms with van der Waals surface area (Å²) in [5.41, 5.74) is 0. The Hall–Kier alpha value is -0.0900. The Kier molecular flexibility index (Phi) is 4.01. The Bertz CT molecular complexity index is 160. The van der Waals surface area contributed by atoms with Gasteiger partial charge >= 0.3 is 5.97 Å². The molecule has 0 aromatic rings. The maximum atomic E-state index is 10.5. The number of hydrogen-bond acceptors (Lipinski definition) is 3. The van der Waals surface area contributed by atoms with Gasteiger partial charge in [-0.3, -0.25) is 4.79 Å². The maximum Gasteiger partial charge on any atom is 0.302 e. The van der Waals surface area contributed by atoms with Gasteiger partial charge in [-0.1, -0.05) is 15.9 Å². The fourth-order valence-corrected chi connectivity index (χ4v) is 1.70. The number of rotatable bonds is 3. The molecule has 0 spiro atoms. The minimum atomic E-state index is -0.235. The second kappa shape index (κ2) is 4.82. The van der Waals surface area contributed by atoms with E-state index < -0.39 is 0 Å². The number of halogens is 1. The molecule has 4 heteroatoms. The van der Waals surface area contributed by atoms with Crippen LogP contribution >= 0.6 is 15.9 Å². The third-order valence-electron chi connectivity index (χ3n) is 1.84. The van der Waals surface area contributed by atoms with Crippen molar-refractivity contribution in [1.82, 2.24) is 0 Å². The van der Waals surface area contributed by atoms with Crippen LogP contribution in [0.3, 0.4) is 0 Å². The number of carbonyl (C=O) groups is 1. The molecule has 3 nitrogen and oxygen atoms in total. The maximum absolute atomic E-state index is 10.5. The molecule has 70 valence electrons. The number of ether oxygens (including phenoxy) is 2. The van der Waals surface area contributed by atoms with Gasteiger partial charge in [-0.25, -0.2) is 0 Å². The van der Waals surface area contributed by atoms with Crippen LogP contribution in [0.15, 0.2) is 0 Å². The minimum absolute atomic E-state index is 0.108. The Morgan fingerprint density at radius 2 is 2.25 bits per heavy atom. The molecule has 2 atom stereocenters. The van der Waals surface area contributed by atoms with E-state index in [2.05, 4.69) is 15.9 Å². The van der Waals surface area contributed by atoms with Gasteiger partial charge in [0.2, 0.25) is 0 Å². The molecule has 1 aliphatic heterocycles. The van der Waals surface area contributed by atoms with Crippen molar-refractivity contribution < 1.29 is 14.3 Å². The summed E-state index contributed by atoms with van der Waals surface area (Å²) >= 11 is 3.35. The Morgan fingerprint density at radius 3 is 2.75 bits per heavy atom. The van der Waals surface area contributed by atoms with E-state index in [1.54, 1.807) is 0 Å². The highest BCUT2D eigenvalue weighted by Gasteiger charge is 2.24. The van der Waals surface area contributed by atoms with Gasteiger partial charge in [0, 0.05) is 12.3 Å². The molecule has 1 unspecified atom stereocenters. The van der Waals surface area contributed by atoms with Gasteiger partial charge in [-0.2, -0.15) is 0 Å². The van der Waals surface area contributed by atoms with Crippen molar-refractivity contribution in [2.24, 2.45) is 0 Å². The van der Waals surface area contributed by atoms with E-state index in [1.165, 1.54) is 6.92 Å². The number of alkyl halides is 1. The molecule has 0 radical (unpaired) electrons. The summed E-state index contributed by atoms with van der Waals surface area (Å²) < 4.78 is 10.4. The normalized spacial score (nSPS) is 28.8. The van der Waals surface area contributed by atoms with Crippen LogP contribution in [0.1, 0.15) is 19.8 Å². The minimum Gasteiger partial charge on any atom is -0.463 e. The van der Waals surface area contributed by atoms with E-state index in [4.69, 9.17) is 9.47 Å². The topological polar surface area (TPSA) is 35.5 Å². The standard InChI is InChI=1S/C8H13BrO3/c1-6(10)11-5-8-3-2-7(4-9)12-8/h7-8H,2-5H2,1H3/t7?,8-/m0/s1. The van der Waals surface area contributed by atoms with Crippen molar-refractivity contribution in [3.05, 3.63) is 0 Å². The van der Waals surface area contributed by atoms with Gasteiger partial charge in [0.1, 0.15) is 6.61 Å². The third kappa shape index (κ3) is 3.11. The smallest absolute Gasteiger partial charge is 0.302 e. The van der Waals surface area contributed by atoms with Crippen LogP contribution in [-0.2, 0) is 14.3 Å². The lowest BCUT2D eigenvalue weighted by Crippen LogP contribution is -2.18. The first-order valence-electron chi connectivity index (χ1n) is 4.07. The molecule has 0 bridgehead atoms. The lowest BCUT2D eigenvalue weighted by atomic mass is 10.2. The Labute approximate surface area is 80.5 Å². The SMILES string of the molecule is CC(=O)OC[C@@H]1CCC(CBr)O1. The zero-order valence-corrected chi connectivity index (χ0v) is 8.67. The Morgan fingerprint density at radius 1 is 1.58 bits per heavy atom. The van der Waals surface area contributed by atoms with E-state index in [0.717, 1.165) is 18.2 Å². The fraction of sp³-hybridized carbons (Fsp3) is 0.875. The molecular weight excluding hydrogens is 224 g/mol. The van der Waals surface area contributed by atoms with Gasteiger partial charge in [0.05, 0.1) is 12.2 Å². The van der Waals surface area contributed by atoms with Gasteiger partial charge < -0.3 is 9.47 Å². The third-order valence-corrected chi connectivity index (χ3v) is 2.56. The number of esters is 1. The van der Waals surface area contributed by atoms with Crippen LogP contribution < -0.4 is 0 Å². The summed E-state index contributed by atoms with van der Waals surface area (Å²) in [7, 11) is 0. The molecule has 0 aromatic heterocycles. The summed E-state index contributed by atoms with van der Waals surface area (Å²) in [6, 6.07) is 0. The highest BCUT2D eigenvalue weighted by Crippen LogP contribution is 2.21. The van der Waals surface area contributed by atoms with Crippen molar-refractivity contribution in [3.8, 4) is 0 Å². The summed E-state index contributed by atoms with van der Waals surface area (Å²) in [6.07, 6.45) is 2.45. The predicted molar refractivity (Wildman–Crippen MR) is 48.3 cm³/mol. The van der Waals surface area contributed by atoms with Crippen molar-refractivity contribution in [3.63, 3.8) is 0 Å². The largest absolute Gasteiger partial charge is 0.463 e. The molecule has 0 amide bonds. The molecular formula is C8H13BrO3. The van der Waals surface area contributed by atoms with Gasteiger partial charge in [0.25, 0.3) is 0 Å². The molecule has 0 aromatic carbocycles. The average Bonchev–Trinajstić information content (AvgIpc) is 2.48. The van der Waals surface area contributed by atoms with Gasteiger partial charge in [0.15, 0.2) is 0 Å². The predicted octanol–water partition coefficient (Wildman–Crippen LogP) is 1.49. The molecule has 1 heterocycles. The molecule has 0 aliphatic carbocycles. The first kappa shape index (κ1) is 9.99. The molecule has 12 heavy (non-hydrogen) atoms. The van der Waals surface area contributed by atoms with Crippen molar-refractivity contribution in [2.45, 2.75) is 32.0 Å². The van der Waals surface area contributed by atoms with Crippen LogP contribution in [0.25, 0.3) is 0 Å². The summed E-state index contributed by atoms with van der Waals surface area (Å²) in [6.45, 7) is 1.82.